The summed E-state index contributed by atoms with van der Waals surface area (Å²) in [6.45, 7) is 9.63. The lowest BCUT2D eigenvalue weighted by molar-refractivity contribution is -0.363. The SMILES string of the molecule is CC1(C)CC[C@]2(C(=O)O[C@@H]3O[C@H](CO[C@@H]4O[C@H](CO)[C@@H](O)[C@H](O)[C@H]4O)[C@@H](O)[C@H](O[C@@H]4O[C@H](CO)[C@@H](O)[C@H](O)[C@H]4O)[C@H]3O)CC[C@]3(C)C(=CC[C@@H]4[C@@]5(C)CC[C@H](O[C@@H]6O[C@H](CO)[C@@H](O)[C@H](O)[C@H]6O)[C@@](C)(C(=O)O)[C@@H]5CC[C@]43C)[C@@H]2C1. The first-order chi connectivity index (χ1) is 37.0. The highest BCUT2D eigenvalue weighted by Gasteiger charge is 2.72. The molecule has 25 heteroatoms. The van der Waals surface area contributed by atoms with Gasteiger partial charge in [-0.1, -0.05) is 46.3 Å². The van der Waals surface area contributed by atoms with Crippen LogP contribution in [0.15, 0.2) is 11.6 Å². The summed E-state index contributed by atoms with van der Waals surface area (Å²) in [5.74, 6) is -2.67. The van der Waals surface area contributed by atoms with Crippen molar-refractivity contribution in [2.45, 2.75) is 235 Å². The number of carbonyl (C=O) groups excluding carboxylic acids is 1. The van der Waals surface area contributed by atoms with Crippen LogP contribution in [0, 0.1) is 50.2 Å². The number of hydrogen-bond donors (Lipinski definition) is 15. The first-order valence-corrected chi connectivity index (χ1v) is 28.0. The van der Waals surface area contributed by atoms with Gasteiger partial charge in [0, 0.05) is 0 Å². The summed E-state index contributed by atoms with van der Waals surface area (Å²) in [6, 6.07) is 0. The highest BCUT2D eigenvalue weighted by molar-refractivity contribution is 5.79. The zero-order chi connectivity index (χ0) is 57.9. The van der Waals surface area contributed by atoms with Gasteiger partial charge in [0.05, 0.1) is 43.4 Å². The second-order valence-corrected chi connectivity index (χ2v) is 26.1. The summed E-state index contributed by atoms with van der Waals surface area (Å²) in [7, 11) is 0. The molecule has 0 radical (unpaired) electrons. The Balaban J connectivity index is 0.992. The van der Waals surface area contributed by atoms with E-state index in [0.717, 1.165) is 5.57 Å². The lowest BCUT2D eigenvalue weighted by atomic mass is 9.33. The molecule has 0 amide bonds. The quantitative estimate of drug-likeness (QED) is 0.0497. The number of carbonyl (C=O) groups is 2. The number of esters is 1. The van der Waals surface area contributed by atoms with Gasteiger partial charge in [-0.2, -0.15) is 0 Å². The van der Waals surface area contributed by atoms with Gasteiger partial charge in [-0.15, -0.1) is 0 Å². The molecule has 29 atom stereocenters. The van der Waals surface area contributed by atoms with E-state index in [-0.39, 0.29) is 17.8 Å². The van der Waals surface area contributed by atoms with Crippen LogP contribution in [0.25, 0.3) is 0 Å². The van der Waals surface area contributed by atoms with Crippen LogP contribution in [0.3, 0.4) is 0 Å². The molecule has 5 aliphatic carbocycles. The average Bonchev–Trinajstić information content (AvgIpc) is 2.92. The fourth-order valence-electron chi connectivity index (χ4n) is 16.4. The molecule has 0 aromatic rings. The molecular weight excluding hydrogens is 1050 g/mol. The first kappa shape index (κ1) is 61.4. The molecule has 0 unspecified atom stereocenters. The Morgan fingerprint density at radius 3 is 1.63 bits per heavy atom. The fourth-order valence-corrected chi connectivity index (χ4v) is 16.4. The molecule has 4 aliphatic heterocycles. The van der Waals surface area contributed by atoms with Gasteiger partial charge in [0.25, 0.3) is 0 Å². The normalized spacial score (nSPS) is 53.5. The highest BCUT2D eigenvalue weighted by Crippen LogP contribution is 2.76. The summed E-state index contributed by atoms with van der Waals surface area (Å²) >= 11 is 0. The van der Waals surface area contributed by atoms with E-state index < -0.39 is 206 Å². The van der Waals surface area contributed by atoms with Crippen molar-refractivity contribution in [3.05, 3.63) is 11.6 Å². The van der Waals surface area contributed by atoms with Crippen molar-refractivity contribution in [2.24, 2.45) is 50.2 Å². The largest absolute Gasteiger partial charge is 0.481 e. The topological polar surface area (TPSA) is 411 Å². The summed E-state index contributed by atoms with van der Waals surface area (Å²) in [4.78, 5) is 29.2. The number of fused-ring (bicyclic) bond motifs is 7. The van der Waals surface area contributed by atoms with Gasteiger partial charge in [0.15, 0.2) is 18.9 Å². The third-order valence-corrected chi connectivity index (χ3v) is 21.5. The molecule has 25 nitrogen and oxygen atoms in total. The number of hydrogen-bond acceptors (Lipinski definition) is 24. The molecule has 0 aromatic carbocycles. The van der Waals surface area contributed by atoms with Gasteiger partial charge in [-0.3, -0.25) is 9.59 Å². The molecule has 0 spiro atoms. The Hall–Kier alpha value is -2.16. The maximum atomic E-state index is 15.5. The van der Waals surface area contributed by atoms with Crippen LogP contribution in [0.5, 0.6) is 0 Å². The predicted octanol–water partition coefficient (Wildman–Crippen LogP) is -2.97. The van der Waals surface area contributed by atoms with Crippen LogP contribution in [0.4, 0.5) is 0 Å². The van der Waals surface area contributed by atoms with E-state index in [0.29, 0.717) is 57.8 Å². The van der Waals surface area contributed by atoms with E-state index >= 15 is 4.79 Å². The zero-order valence-electron chi connectivity index (χ0n) is 45.6. The third kappa shape index (κ3) is 9.95. The number of ether oxygens (including phenoxy) is 8. The predicted molar refractivity (Wildman–Crippen MR) is 265 cm³/mol. The number of aliphatic carboxylic acids is 1. The number of carboxylic acids is 1. The van der Waals surface area contributed by atoms with Crippen molar-refractivity contribution in [3.8, 4) is 0 Å². The minimum Gasteiger partial charge on any atom is -0.481 e. The van der Waals surface area contributed by atoms with E-state index in [4.69, 9.17) is 37.9 Å². The van der Waals surface area contributed by atoms with Crippen molar-refractivity contribution < 1.29 is 124 Å². The summed E-state index contributed by atoms with van der Waals surface area (Å²) < 4.78 is 47.2. The van der Waals surface area contributed by atoms with Crippen LogP contribution >= 0.6 is 0 Å². The molecule has 9 rings (SSSR count). The van der Waals surface area contributed by atoms with Crippen LogP contribution < -0.4 is 0 Å². The molecule has 4 saturated heterocycles. The molecule has 0 bridgehead atoms. The second-order valence-electron chi connectivity index (χ2n) is 26.1. The first-order valence-electron chi connectivity index (χ1n) is 28.0. The van der Waals surface area contributed by atoms with Crippen LogP contribution in [0.1, 0.15) is 106 Å². The molecular formula is C54H86O25. The van der Waals surface area contributed by atoms with Gasteiger partial charge in [0.2, 0.25) is 6.29 Å². The van der Waals surface area contributed by atoms with E-state index in [1.807, 2.05) is 0 Å². The van der Waals surface area contributed by atoms with Crippen LogP contribution in [0.2, 0.25) is 0 Å². The fraction of sp³-hybridized carbons (Fsp3) is 0.926. The number of rotatable bonds is 13. The lowest BCUT2D eigenvalue weighted by Gasteiger charge is -2.71. The molecule has 452 valence electrons. The lowest BCUT2D eigenvalue weighted by Crippen LogP contribution is -2.68. The van der Waals surface area contributed by atoms with E-state index in [2.05, 4.69) is 40.7 Å². The number of allylic oxidation sites excluding steroid dienone is 2. The minimum absolute atomic E-state index is 0.0459. The van der Waals surface area contributed by atoms with E-state index in [9.17, 15) is 81.4 Å². The smallest absolute Gasteiger partial charge is 0.315 e. The van der Waals surface area contributed by atoms with E-state index in [1.165, 1.54) is 0 Å². The standard InChI is InChI=1S/C54H86O25/c1-49(2)13-15-54(48(71)79-46-41(68)42(78-45-40(67)37(64)33(60)26(20-57)75-45)34(61)27(76-46)21-72-43-38(65)35(62)31(58)24(18-55)73-43)16-14-51(4)22(23(54)17-49)7-8-28-50(3)11-10-30(53(6,47(69)70)29(50)9-12-52(28,51)5)77-44-39(66)36(63)32(59)25(19-56)74-44/h7,23-46,55-68H,8-21H2,1-6H3,(H,69,70)/t23-,24+,25+,26+,27+,28+,29+,30-,31+,32+,33+,34+,35-,36-,37-,38+,39+,40+,41+,42-,43+,44-,45-,46-,50+,51+,52+,53-,54-/m0/s1. The summed E-state index contributed by atoms with van der Waals surface area (Å²) in [5.41, 5.74) is -3.34. The number of aliphatic hydroxyl groups excluding tert-OH is 14. The highest BCUT2D eigenvalue weighted by atomic mass is 16.8. The molecule has 4 saturated carbocycles. The summed E-state index contributed by atoms with van der Waals surface area (Å²) in [5, 5.41) is 160. The number of aliphatic hydroxyl groups is 14. The van der Waals surface area contributed by atoms with Gasteiger partial charge in [0.1, 0.15) is 97.7 Å². The molecule has 8 fully saturated rings. The Morgan fingerprint density at radius 1 is 0.557 bits per heavy atom. The van der Waals surface area contributed by atoms with Gasteiger partial charge >= 0.3 is 11.9 Å². The Morgan fingerprint density at radius 2 is 1.08 bits per heavy atom. The minimum atomic E-state index is -2.03. The molecule has 9 aliphatic rings. The van der Waals surface area contributed by atoms with Crippen molar-refractivity contribution in [1.29, 1.82) is 0 Å². The Bertz CT molecular complexity index is 2220. The van der Waals surface area contributed by atoms with Gasteiger partial charge < -0.3 is 114 Å². The monoisotopic (exact) mass is 1130 g/mol. The zero-order valence-corrected chi connectivity index (χ0v) is 45.6. The second kappa shape index (κ2) is 22.4. The molecule has 79 heavy (non-hydrogen) atoms. The van der Waals surface area contributed by atoms with Gasteiger partial charge in [-0.05, 0) is 111 Å². The van der Waals surface area contributed by atoms with Crippen molar-refractivity contribution in [3.63, 3.8) is 0 Å². The summed E-state index contributed by atoms with van der Waals surface area (Å²) in [6.07, 6.45) is -28.5. The van der Waals surface area contributed by atoms with E-state index in [1.54, 1.807) is 6.92 Å². The Kier molecular flexibility index (Phi) is 17.4. The van der Waals surface area contributed by atoms with Crippen molar-refractivity contribution in [2.75, 3.05) is 26.4 Å². The third-order valence-electron chi connectivity index (χ3n) is 21.5. The van der Waals surface area contributed by atoms with Crippen molar-refractivity contribution in [1.82, 2.24) is 0 Å². The van der Waals surface area contributed by atoms with Crippen LogP contribution in [-0.4, -0.2) is 244 Å². The molecule has 4 heterocycles. The molecule has 0 aromatic heterocycles. The number of carboxylic acid groups (broad SMARTS) is 1. The maximum absolute atomic E-state index is 15.5. The molecule has 15 N–H and O–H groups in total. The van der Waals surface area contributed by atoms with Crippen molar-refractivity contribution >= 4 is 11.9 Å². The van der Waals surface area contributed by atoms with Crippen LogP contribution in [-0.2, 0) is 47.5 Å². The average molecular weight is 1140 g/mol. The Labute approximate surface area is 457 Å². The maximum Gasteiger partial charge on any atom is 0.315 e. The van der Waals surface area contributed by atoms with Gasteiger partial charge in [-0.25, -0.2) is 0 Å².